The third-order valence-corrected chi connectivity index (χ3v) is 5.39. The van der Waals surface area contributed by atoms with Crippen LogP contribution in [-0.2, 0) is 16.0 Å². The molecule has 1 aromatic rings. The smallest absolute Gasteiger partial charge is 0.123 e. The zero-order valence-electron chi connectivity index (χ0n) is 13.5. The maximum absolute atomic E-state index is 13.5. The SMILES string of the molecule is Fc1cccc(CN2C[C@H](N3CCOCC3)[C@@H]3OCCC[C@@H]32)c1. The molecule has 0 amide bonds. The van der Waals surface area contributed by atoms with Crippen LogP contribution in [0.2, 0.25) is 0 Å². The fourth-order valence-electron chi connectivity index (χ4n) is 4.31. The second-order valence-corrected chi connectivity index (χ2v) is 6.82. The van der Waals surface area contributed by atoms with Crippen molar-refractivity contribution >= 4 is 0 Å². The maximum Gasteiger partial charge on any atom is 0.123 e. The first kappa shape index (κ1) is 15.5. The molecule has 0 spiro atoms. The van der Waals surface area contributed by atoms with Crippen LogP contribution in [0.15, 0.2) is 24.3 Å². The highest BCUT2D eigenvalue weighted by Crippen LogP contribution is 2.33. The molecule has 3 atom stereocenters. The van der Waals surface area contributed by atoms with E-state index < -0.39 is 0 Å². The molecule has 23 heavy (non-hydrogen) atoms. The van der Waals surface area contributed by atoms with Crippen LogP contribution in [0.3, 0.4) is 0 Å². The minimum atomic E-state index is -0.150. The van der Waals surface area contributed by atoms with Gasteiger partial charge in [0.15, 0.2) is 0 Å². The molecule has 3 aliphatic rings. The lowest BCUT2D eigenvalue weighted by Gasteiger charge is -2.37. The van der Waals surface area contributed by atoms with Crippen molar-refractivity contribution in [2.24, 2.45) is 0 Å². The molecule has 3 fully saturated rings. The van der Waals surface area contributed by atoms with E-state index in [4.69, 9.17) is 9.47 Å². The number of rotatable bonds is 3. The van der Waals surface area contributed by atoms with Crippen LogP contribution in [0.25, 0.3) is 0 Å². The topological polar surface area (TPSA) is 24.9 Å². The Morgan fingerprint density at radius 3 is 2.83 bits per heavy atom. The number of hydrogen-bond donors (Lipinski definition) is 0. The molecule has 0 N–H and O–H groups in total. The summed E-state index contributed by atoms with van der Waals surface area (Å²) in [5, 5.41) is 0. The van der Waals surface area contributed by atoms with Crippen LogP contribution in [0, 0.1) is 5.82 Å². The highest BCUT2D eigenvalue weighted by molar-refractivity contribution is 5.17. The standard InChI is InChI=1S/C18H25FN2O2/c19-15-4-1-3-14(11-15)12-21-13-17(20-6-9-22-10-7-20)18-16(21)5-2-8-23-18/h1,3-4,11,16-18H,2,5-10,12-13H2/t16-,17-,18+/m0/s1. The number of ether oxygens (including phenoxy) is 2. The summed E-state index contributed by atoms with van der Waals surface area (Å²) in [4.78, 5) is 5.02. The van der Waals surface area contributed by atoms with Gasteiger partial charge in [-0.05, 0) is 30.5 Å². The van der Waals surface area contributed by atoms with Gasteiger partial charge in [0.05, 0.1) is 25.4 Å². The molecular formula is C18H25FN2O2. The van der Waals surface area contributed by atoms with Gasteiger partial charge in [-0.2, -0.15) is 0 Å². The summed E-state index contributed by atoms with van der Waals surface area (Å²) in [6.45, 7) is 6.30. The number of nitrogens with zero attached hydrogens (tertiary/aromatic N) is 2. The van der Waals surface area contributed by atoms with Gasteiger partial charge in [-0.25, -0.2) is 4.39 Å². The Hall–Kier alpha value is -1.01. The van der Waals surface area contributed by atoms with E-state index in [0.29, 0.717) is 12.1 Å². The highest BCUT2D eigenvalue weighted by atomic mass is 19.1. The number of benzene rings is 1. The third-order valence-electron chi connectivity index (χ3n) is 5.39. The lowest BCUT2D eigenvalue weighted by Crippen LogP contribution is -2.51. The van der Waals surface area contributed by atoms with Crippen molar-refractivity contribution in [1.29, 1.82) is 0 Å². The van der Waals surface area contributed by atoms with Gasteiger partial charge in [-0.3, -0.25) is 9.80 Å². The lowest BCUT2D eigenvalue weighted by atomic mass is 9.99. The summed E-state index contributed by atoms with van der Waals surface area (Å²) in [6, 6.07) is 7.88. The first-order valence-electron chi connectivity index (χ1n) is 8.73. The summed E-state index contributed by atoms with van der Waals surface area (Å²) in [7, 11) is 0. The number of fused-ring (bicyclic) bond motifs is 1. The average molecular weight is 320 g/mol. The second-order valence-electron chi connectivity index (χ2n) is 6.82. The van der Waals surface area contributed by atoms with Gasteiger partial charge in [-0.1, -0.05) is 12.1 Å². The van der Waals surface area contributed by atoms with E-state index in [-0.39, 0.29) is 11.9 Å². The third kappa shape index (κ3) is 3.29. The molecule has 3 aliphatic heterocycles. The number of morpholine rings is 1. The van der Waals surface area contributed by atoms with Gasteiger partial charge >= 0.3 is 0 Å². The van der Waals surface area contributed by atoms with E-state index in [2.05, 4.69) is 9.80 Å². The molecule has 0 unspecified atom stereocenters. The zero-order chi connectivity index (χ0) is 15.6. The predicted octanol–water partition coefficient (Wildman–Crippen LogP) is 1.89. The van der Waals surface area contributed by atoms with Crippen LogP contribution in [0.1, 0.15) is 18.4 Å². The Kier molecular flexibility index (Phi) is 4.62. The van der Waals surface area contributed by atoms with Gasteiger partial charge in [0.1, 0.15) is 5.82 Å². The van der Waals surface area contributed by atoms with Crippen LogP contribution >= 0.6 is 0 Å². The molecule has 0 bridgehead atoms. The first-order valence-corrected chi connectivity index (χ1v) is 8.73. The minimum Gasteiger partial charge on any atom is -0.379 e. The van der Waals surface area contributed by atoms with Gasteiger partial charge in [0.25, 0.3) is 0 Å². The summed E-state index contributed by atoms with van der Waals surface area (Å²) in [5.41, 5.74) is 1.05. The van der Waals surface area contributed by atoms with Gasteiger partial charge < -0.3 is 9.47 Å². The number of likely N-dealkylation sites (tertiary alicyclic amines) is 1. The normalized spacial score (nSPS) is 32.8. The molecule has 0 aliphatic carbocycles. The van der Waals surface area contributed by atoms with Crippen molar-refractivity contribution in [1.82, 2.24) is 9.80 Å². The summed E-state index contributed by atoms with van der Waals surface area (Å²) >= 11 is 0. The molecule has 3 saturated heterocycles. The van der Waals surface area contributed by atoms with Crippen LogP contribution < -0.4 is 0 Å². The van der Waals surface area contributed by atoms with Crippen molar-refractivity contribution in [2.45, 2.75) is 37.6 Å². The Morgan fingerprint density at radius 2 is 2.00 bits per heavy atom. The Labute approximate surface area is 137 Å². The maximum atomic E-state index is 13.5. The molecule has 0 radical (unpaired) electrons. The quantitative estimate of drug-likeness (QED) is 0.849. The molecule has 126 valence electrons. The van der Waals surface area contributed by atoms with E-state index in [1.165, 1.54) is 12.5 Å². The summed E-state index contributed by atoms with van der Waals surface area (Å²) in [6.07, 6.45) is 2.59. The molecule has 4 nitrogen and oxygen atoms in total. The van der Waals surface area contributed by atoms with E-state index >= 15 is 0 Å². The molecule has 3 heterocycles. The molecule has 5 heteroatoms. The number of halogens is 1. The van der Waals surface area contributed by atoms with Crippen molar-refractivity contribution < 1.29 is 13.9 Å². The highest BCUT2D eigenvalue weighted by Gasteiger charge is 2.46. The van der Waals surface area contributed by atoms with Crippen molar-refractivity contribution in [3.05, 3.63) is 35.6 Å². The van der Waals surface area contributed by atoms with Gasteiger partial charge in [-0.15, -0.1) is 0 Å². The molecular weight excluding hydrogens is 295 g/mol. The van der Waals surface area contributed by atoms with Crippen LogP contribution in [0.4, 0.5) is 4.39 Å². The first-order chi connectivity index (χ1) is 11.3. The Bertz CT molecular complexity index is 536. The Balaban J connectivity index is 1.50. The van der Waals surface area contributed by atoms with E-state index in [9.17, 15) is 4.39 Å². The van der Waals surface area contributed by atoms with Crippen molar-refractivity contribution in [2.75, 3.05) is 39.5 Å². The summed E-state index contributed by atoms with van der Waals surface area (Å²) < 4.78 is 25.1. The summed E-state index contributed by atoms with van der Waals surface area (Å²) in [5.74, 6) is -0.150. The molecule has 1 aromatic carbocycles. The molecule has 0 saturated carbocycles. The minimum absolute atomic E-state index is 0.150. The fraction of sp³-hybridized carbons (Fsp3) is 0.667. The number of hydrogen-bond acceptors (Lipinski definition) is 4. The van der Waals surface area contributed by atoms with Crippen LogP contribution in [0.5, 0.6) is 0 Å². The van der Waals surface area contributed by atoms with E-state index in [1.54, 1.807) is 12.1 Å². The van der Waals surface area contributed by atoms with Crippen LogP contribution in [-0.4, -0.2) is 67.4 Å². The van der Waals surface area contributed by atoms with Gasteiger partial charge in [0.2, 0.25) is 0 Å². The second kappa shape index (κ2) is 6.85. The van der Waals surface area contributed by atoms with Crippen molar-refractivity contribution in [3.8, 4) is 0 Å². The Morgan fingerprint density at radius 1 is 1.13 bits per heavy atom. The molecule has 0 aromatic heterocycles. The lowest BCUT2D eigenvalue weighted by molar-refractivity contribution is -0.0593. The van der Waals surface area contributed by atoms with E-state index in [0.717, 1.165) is 58.0 Å². The average Bonchev–Trinajstić information content (AvgIpc) is 2.95. The van der Waals surface area contributed by atoms with Crippen molar-refractivity contribution in [3.63, 3.8) is 0 Å². The van der Waals surface area contributed by atoms with Gasteiger partial charge in [0, 0.05) is 38.8 Å². The zero-order valence-corrected chi connectivity index (χ0v) is 13.5. The molecule has 4 rings (SSSR count). The fourth-order valence-corrected chi connectivity index (χ4v) is 4.31. The largest absolute Gasteiger partial charge is 0.379 e. The van der Waals surface area contributed by atoms with E-state index in [1.807, 2.05) is 6.07 Å². The monoisotopic (exact) mass is 320 g/mol. The predicted molar refractivity (Wildman–Crippen MR) is 85.8 cm³/mol.